The van der Waals surface area contributed by atoms with Crippen LogP contribution in [0.3, 0.4) is 0 Å². The van der Waals surface area contributed by atoms with Crippen LogP contribution in [0.4, 0.5) is 5.69 Å². The zero-order valence-electron chi connectivity index (χ0n) is 13.7. The van der Waals surface area contributed by atoms with E-state index in [1.54, 1.807) is 19.2 Å². The van der Waals surface area contributed by atoms with Crippen LogP contribution in [0.15, 0.2) is 29.3 Å². The number of nitrogens with one attached hydrogen (secondary N) is 2. The van der Waals surface area contributed by atoms with Gasteiger partial charge in [0.2, 0.25) is 0 Å². The quantitative estimate of drug-likeness (QED) is 0.223. The van der Waals surface area contributed by atoms with E-state index in [4.69, 9.17) is 4.74 Å². The van der Waals surface area contributed by atoms with Crippen LogP contribution < -0.4 is 10.6 Å². The number of hydrogen-bond donors (Lipinski definition) is 2. The molecule has 1 fully saturated rings. The molecule has 1 saturated heterocycles. The highest BCUT2D eigenvalue weighted by molar-refractivity contribution is 14.0. The molecule has 0 radical (unpaired) electrons. The van der Waals surface area contributed by atoms with Crippen LogP contribution in [-0.4, -0.2) is 62.2 Å². The van der Waals surface area contributed by atoms with Crippen molar-refractivity contribution in [1.29, 1.82) is 0 Å². The Hall–Kier alpha value is -1.46. The van der Waals surface area contributed by atoms with Crippen molar-refractivity contribution in [1.82, 2.24) is 15.5 Å². The van der Waals surface area contributed by atoms with Crippen molar-refractivity contribution in [2.24, 2.45) is 4.99 Å². The van der Waals surface area contributed by atoms with E-state index < -0.39 is 0 Å². The summed E-state index contributed by atoms with van der Waals surface area (Å²) >= 11 is 0. The second-order valence-electron chi connectivity index (χ2n) is 5.23. The SMILES string of the molecule is CN=C(NCCN1CCOCC1)NCc1cccc([N+](=O)[O-])c1.I. The molecule has 1 aliphatic heterocycles. The minimum Gasteiger partial charge on any atom is -0.379 e. The lowest BCUT2D eigenvalue weighted by Gasteiger charge is -2.26. The molecule has 0 aliphatic carbocycles. The topological polar surface area (TPSA) is 92.0 Å². The zero-order valence-corrected chi connectivity index (χ0v) is 16.1. The van der Waals surface area contributed by atoms with E-state index in [-0.39, 0.29) is 34.6 Å². The summed E-state index contributed by atoms with van der Waals surface area (Å²) in [5.74, 6) is 0.685. The van der Waals surface area contributed by atoms with Gasteiger partial charge in [-0.2, -0.15) is 0 Å². The number of benzene rings is 1. The van der Waals surface area contributed by atoms with E-state index >= 15 is 0 Å². The third-order valence-corrected chi connectivity index (χ3v) is 3.63. The lowest BCUT2D eigenvalue weighted by Crippen LogP contribution is -2.44. The van der Waals surface area contributed by atoms with Crippen molar-refractivity contribution in [3.05, 3.63) is 39.9 Å². The molecule has 1 aliphatic rings. The number of morpholine rings is 1. The first-order valence-electron chi connectivity index (χ1n) is 7.67. The molecule has 134 valence electrons. The Kier molecular flexibility index (Phi) is 9.57. The fourth-order valence-electron chi connectivity index (χ4n) is 2.34. The summed E-state index contributed by atoms with van der Waals surface area (Å²) in [5.41, 5.74) is 0.940. The average Bonchev–Trinajstić information content (AvgIpc) is 2.59. The molecule has 9 heteroatoms. The largest absolute Gasteiger partial charge is 0.379 e. The van der Waals surface area contributed by atoms with Crippen molar-refractivity contribution in [2.45, 2.75) is 6.54 Å². The Morgan fingerprint density at radius 1 is 1.38 bits per heavy atom. The summed E-state index contributed by atoms with van der Waals surface area (Å²) in [7, 11) is 1.71. The van der Waals surface area contributed by atoms with Gasteiger partial charge in [0.15, 0.2) is 5.96 Å². The van der Waals surface area contributed by atoms with E-state index in [2.05, 4.69) is 20.5 Å². The molecule has 2 rings (SSSR count). The van der Waals surface area contributed by atoms with E-state index in [9.17, 15) is 10.1 Å². The number of nitro benzene ring substituents is 1. The molecule has 0 saturated carbocycles. The molecule has 0 spiro atoms. The van der Waals surface area contributed by atoms with Crippen LogP contribution in [0.5, 0.6) is 0 Å². The van der Waals surface area contributed by atoms with Gasteiger partial charge in [-0.3, -0.25) is 20.0 Å². The molecule has 0 aromatic heterocycles. The predicted molar refractivity (Wildman–Crippen MR) is 104 cm³/mol. The Morgan fingerprint density at radius 2 is 2.12 bits per heavy atom. The van der Waals surface area contributed by atoms with Crippen LogP contribution in [0, 0.1) is 10.1 Å². The van der Waals surface area contributed by atoms with Crippen LogP contribution in [-0.2, 0) is 11.3 Å². The number of guanidine groups is 1. The minimum atomic E-state index is -0.390. The molecular formula is C15H24IN5O3. The molecule has 8 nitrogen and oxygen atoms in total. The van der Waals surface area contributed by atoms with E-state index in [0.717, 1.165) is 45.0 Å². The number of halogens is 1. The molecular weight excluding hydrogens is 425 g/mol. The maximum atomic E-state index is 10.8. The number of rotatable bonds is 6. The second kappa shape index (κ2) is 11.2. The van der Waals surface area contributed by atoms with Gasteiger partial charge < -0.3 is 15.4 Å². The number of nitrogens with zero attached hydrogens (tertiary/aromatic N) is 3. The normalized spacial score (nSPS) is 15.5. The zero-order chi connectivity index (χ0) is 16.5. The average molecular weight is 449 g/mol. The van der Waals surface area contributed by atoms with Crippen LogP contribution in [0.2, 0.25) is 0 Å². The first-order chi connectivity index (χ1) is 11.2. The van der Waals surface area contributed by atoms with Crippen LogP contribution in [0.1, 0.15) is 5.56 Å². The summed E-state index contributed by atoms with van der Waals surface area (Å²) in [4.78, 5) is 16.9. The van der Waals surface area contributed by atoms with Crippen molar-refractivity contribution in [3.63, 3.8) is 0 Å². The second-order valence-corrected chi connectivity index (χ2v) is 5.23. The Bertz CT molecular complexity index is 550. The Balaban J connectivity index is 0.00000288. The Morgan fingerprint density at radius 3 is 2.79 bits per heavy atom. The van der Waals surface area contributed by atoms with Crippen LogP contribution in [0.25, 0.3) is 0 Å². The van der Waals surface area contributed by atoms with Gasteiger partial charge in [0, 0.05) is 51.9 Å². The molecule has 24 heavy (non-hydrogen) atoms. The molecule has 0 amide bonds. The summed E-state index contributed by atoms with van der Waals surface area (Å²) in [6, 6.07) is 6.58. The molecule has 2 N–H and O–H groups in total. The van der Waals surface area contributed by atoms with E-state index in [0.29, 0.717) is 12.5 Å². The highest BCUT2D eigenvalue weighted by Crippen LogP contribution is 2.12. The molecule has 1 heterocycles. The van der Waals surface area contributed by atoms with Gasteiger partial charge >= 0.3 is 0 Å². The standard InChI is InChI=1S/C15H23N5O3.HI/c1-16-15(17-5-6-19-7-9-23-10-8-19)18-12-13-3-2-4-14(11-13)20(21)22;/h2-4,11H,5-10,12H2,1H3,(H2,16,17,18);1H. The third kappa shape index (κ3) is 6.97. The predicted octanol–water partition coefficient (Wildman–Crippen LogP) is 1.21. The summed E-state index contributed by atoms with van der Waals surface area (Å²) in [6.45, 7) is 5.71. The monoisotopic (exact) mass is 449 g/mol. The van der Waals surface area contributed by atoms with Gasteiger partial charge in [0.05, 0.1) is 18.1 Å². The van der Waals surface area contributed by atoms with Crippen molar-refractivity contribution >= 4 is 35.6 Å². The lowest BCUT2D eigenvalue weighted by molar-refractivity contribution is -0.384. The maximum Gasteiger partial charge on any atom is 0.269 e. The number of non-ortho nitro benzene ring substituents is 1. The molecule has 0 bridgehead atoms. The number of nitro groups is 1. The fraction of sp³-hybridized carbons (Fsp3) is 0.533. The minimum absolute atomic E-state index is 0. The summed E-state index contributed by atoms with van der Waals surface area (Å²) in [6.07, 6.45) is 0. The van der Waals surface area contributed by atoms with Crippen molar-refractivity contribution in [3.8, 4) is 0 Å². The van der Waals surface area contributed by atoms with Crippen molar-refractivity contribution < 1.29 is 9.66 Å². The van der Waals surface area contributed by atoms with Gasteiger partial charge in [-0.05, 0) is 5.56 Å². The van der Waals surface area contributed by atoms with E-state index in [1.165, 1.54) is 6.07 Å². The summed E-state index contributed by atoms with van der Waals surface area (Å²) < 4.78 is 5.32. The van der Waals surface area contributed by atoms with Gasteiger partial charge in [-0.1, -0.05) is 12.1 Å². The highest BCUT2D eigenvalue weighted by Gasteiger charge is 2.10. The lowest BCUT2D eigenvalue weighted by atomic mass is 10.2. The Labute approximate surface area is 158 Å². The van der Waals surface area contributed by atoms with Crippen LogP contribution >= 0.6 is 24.0 Å². The molecule has 1 aromatic carbocycles. The molecule has 0 unspecified atom stereocenters. The van der Waals surface area contributed by atoms with Gasteiger partial charge in [0.1, 0.15) is 0 Å². The fourth-order valence-corrected chi connectivity index (χ4v) is 2.34. The van der Waals surface area contributed by atoms with Gasteiger partial charge in [-0.15, -0.1) is 24.0 Å². The van der Waals surface area contributed by atoms with E-state index in [1.807, 2.05) is 6.07 Å². The first kappa shape index (κ1) is 20.6. The smallest absolute Gasteiger partial charge is 0.269 e. The highest BCUT2D eigenvalue weighted by atomic mass is 127. The third-order valence-electron chi connectivity index (χ3n) is 3.63. The number of aliphatic imine (C=N–C) groups is 1. The van der Waals surface area contributed by atoms with Gasteiger partial charge in [0.25, 0.3) is 5.69 Å². The first-order valence-corrected chi connectivity index (χ1v) is 7.67. The maximum absolute atomic E-state index is 10.8. The number of ether oxygens (including phenoxy) is 1. The molecule has 1 aromatic rings. The van der Waals surface area contributed by atoms with Crippen molar-refractivity contribution in [2.75, 3.05) is 46.4 Å². The van der Waals surface area contributed by atoms with Gasteiger partial charge in [-0.25, -0.2) is 0 Å². The molecule has 0 atom stereocenters. The summed E-state index contributed by atoms with van der Waals surface area (Å²) in [5, 5.41) is 17.2. The number of hydrogen-bond acceptors (Lipinski definition) is 5.